The van der Waals surface area contributed by atoms with Gasteiger partial charge in [-0.15, -0.1) is 0 Å². The van der Waals surface area contributed by atoms with Gasteiger partial charge in [0.2, 0.25) is 0 Å². The van der Waals surface area contributed by atoms with Gasteiger partial charge in [0.1, 0.15) is 20.4 Å². The molecule has 0 saturated carbocycles. The Bertz CT molecular complexity index is 1280. The Kier molecular flexibility index (Phi) is 6.15. The number of rotatable bonds is 6. The number of ether oxygens (including phenoxy) is 1. The second-order valence-electron chi connectivity index (χ2n) is 9.32. The summed E-state index contributed by atoms with van der Waals surface area (Å²) >= 11 is 0. The van der Waals surface area contributed by atoms with Crippen molar-refractivity contribution in [1.82, 2.24) is 4.98 Å². The maximum Gasteiger partial charge on any atom is 0.357 e. The van der Waals surface area contributed by atoms with Crippen LogP contribution in [0.4, 0.5) is 5.69 Å². The van der Waals surface area contributed by atoms with Crippen molar-refractivity contribution in [2.24, 2.45) is 0 Å². The highest BCUT2D eigenvalue weighted by atomic mass is 32.2. The Labute approximate surface area is 196 Å². The standard InChI is InChI=1S/C25H28N2O4SSi/c1-18-10-12-21(13-11-18)32(29,30)27-15-14-20-16-22(26-24(23(20)27)33(2,3)4)25(28)31-17-19-8-6-5-7-9-19/h5-13,16H,14-15,17H2,1-4H3. The van der Waals surface area contributed by atoms with E-state index in [0.29, 0.717) is 24.0 Å². The van der Waals surface area contributed by atoms with Crippen molar-refractivity contribution in [3.63, 3.8) is 0 Å². The molecule has 6 nitrogen and oxygen atoms in total. The Morgan fingerprint density at radius 1 is 1.06 bits per heavy atom. The quantitative estimate of drug-likeness (QED) is 0.393. The molecule has 1 aromatic heterocycles. The van der Waals surface area contributed by atoms with Gasteiger partial charge in [0, 0.05) is 11.9 Å². The highest BCUT2D eigenvalue weighted by molar-refractivity contribution is 7.92. The van der Waals surface area contributed by atoms with Crippen molar-refractivity contribution in [3.05, 3.63) is 83.0 Å². The first kappa shape index (κ1) is 23.2. The summed E-state index contributed by atoms with van der Waals surface area (Å²) in [4.78, 5) is 17.8. The van der Waals surface area contributed by atoms with E-state index in [9.17, 15) is 13.2 Å². The molecule has 8 heteroatoms. The fraction of sp³-hybridized carbons (Fsp3) is 0.280. The van der Waals surface area contributed by atoms with E-state index in [1.54, 1.807) is 30.3 Å². The summed E-state index contributed by atoms with van der Waals surface area (Å²) in [5, 5.41) is 0.708. The highest BCUT2D eigenvalue weighted by Gasteiger charge is 2.38. The molecule has 1 aliphatic rings. The number of carbonyl (C=O) groups excluding carboxylic acids is 1. The second kappa shape index (κ2) is 8.76. The summed E-state index contributed by atoms with van der Waals surface area (Å²) in [6.07, 6.45) is 0.527. The maximum atomic E-state index is 13.5. The molecule has 172 valence electrons. The smallest absolute Gasteiger partial charge is 0.357 e. The fourth-order valence-corrected chi connectivity index (χ4v) is 6.95. The molecule has 0 N–H and O–H groups in total. The number of nitrogens with zero attached hydrogens (tertiary/aromatic N) is 2. The minimum Gasteiger partial charge on any atom is -0.456 e. The summed E-state index contributed by atoms with van der Waals surface area (Å²) in [6.45, 7) is 8.71. The van der Waals surface area contributed by atoms with Crippen LogP contribution in [0.2, 0.25) is 19.6 Å². The van der Waals surface area contributed by atoms with Crippen LogP contribution in [-0.4, -0.2) is 34.0 Å². The van der Waals surface area contributed by atoms with Gasteiger partial charge in [-0.1, -0.05) is 67.7 Å². The first-order valence-electron chi connectivity index (χ1n) is 10.9. The second-order valence-corrected chi connectivity index (χ2v) is 16.2. The van der Waals surface area contributed by atoms with Crippen LogP contribution in [0.3, 0.4) is 0 Å². The van der Waals surface area contributed by atoms with Crippen LogP contribution in [-0.2, 0) is 27.8 Å². The molecule has 0 saturated heterocycles. The molecule has 0 fully saturated rings. The van der Waals surface area contributed by atoms with Gasteiger partial charge in [-0.25, -0.2) is 18.2 Å². The summed E-state index contributed by atoms with van der Waals surface area (Å²) in [5.41, 5.74) is 3.59. The summed E-state index contributed by atoms with van der Waals surface area (Å²) < 4.78 is 33.9. The van der Waals surface area contributed by atoms with Crippen molar-refractivity contribution in [2.75, 3.05) is 10.8 Å². The number of hydrogen-bond donors (Lipinski definition) is 0. The molecule has 4 rings (SSSR count). The topological polar surface area (TPSA) is 76.6 Å². The number of aryl methyl sites for hydroxylation is 1. The highest BCUT2D eigenvalue weighted by Crippen LogP contribution is 2.33. The van der Waals surface area contributed by atoms with Crippen LogP contribution < -0.4 is 9.62 Å². The number of aromatic nitrogens is 1. The van der Waals surface area contributed by atoms with Crippen LogP contribution in [0.5, 0.6) is 0 Å². The fourth-order valence-electron chi connectivity index (χ4n) is 3.90. The van der Waals surface area contributed by atoms with Crippen LogP contribution in [0.25, 0.3) is 0 Å². The molecule has 0 amide bonds. The van der Waals surface area contributed by atoms with Crippen molar-refractivity contribution >= 4 is 35.1 Å². The number of fused-ring (bicyclic) bond motifs is 1. The third-order valence-corrected chi connectivity index (χ3v) is 9.23. The van der Waals surface area contributed by atoms with E-state index in [0.717, 1.165) is 16.7 Å². The molecule has 0 bridgehead atoms. The van der Waals surface area contributed by atoms with Gasteiger partial charge in [-0.2, -0.15) is 0 Å². The Morgan fingerprint density at radius 3 is 2.36 bits per heavy atom. The zero-order chi connectivity index (χ0) is 23.8. The number of benzene rings is 2. The molecule has 0 radical (unpaired) electrons. The average Bonchev–Trinajstić information content (AvgIpc) is 3.22. The number of hydrogen-bond acceptors (Lipinski definition) is 5. The van der Waals surface area contributed by atoms with Gasteiger partial charge in [-0.05, 0) is 42.7 Å². The van der Waals surface area contributed by atoms with Gasteiger partial charge in [0.25, 0.3) is 10.0 Å². The summed E-state index contributed by atoms with van der Waals surface area (Å²) in [6, 6.07) is 18.0. The van der Waals surface area contributed by atoms with E-state index in [-0.39, 0.29) is 17.2 Å². The number of sulfonamides is 1. The lowest BCUT2D eigenvalue weighted by atomic mass is 10.2. The zero-order valence-corrected chi connectivity index (χ0v) is 21.1. The van der Waals surface area contributed by atoms with Crippen LogP contribution in [0.15, 0.2) is 65.6 Å². The zero-order valence-electron chi connectivity index (χ0n) is 19.3. The van der Waals surface area contributed by atoms with Crippen molar-refractivity contribution in [1.29, 1.82) is 0 Å². The molecular weight excluding hydrogens is 452 g/mol. The third kappa shape index (κ3) is 4.72. The van der Waals surface area contributed by atoms with Crippen molar-refractivity contribution in [3.8, 4) is 0 Å². The third-order valence-electron chi connectivity index (χ3n) is 5.65. The summed E-state index contributed by atoms with van der Waals surface area (Å²) in [5.74, 6) is -0.499. The first-order chi connectivity index (χ1) is 15.6. The minimum absolute atomic E-state index is 0.161. The van der Waals surface area contributed by atoms with Crippen LogP contribution >= 0.6 is 0 Å². The van der Waals surface area contributed by atoms with Gasteiger partial charge < -0.3 is 4.74 Å². The molecule has 1 aliphatic heterocycles. The van der Waals surface area contributed by atoms with E-state index in [4.69, 9.17) is 4.74 Å². The lowest BCUT2D eigenvalue weighted by Crippen LogP contribution is -2.45. The first-order valence-corrected chi connectivity index (χ1v) is 15.9. The van der Waals surface area contributed by atoms with Crippen LogP contribution in [0, 0.1) is 6.92 Å². The number of carbonyl (C=O) groups is 1. The average molecular weight is 481 g/mol. The molecule has 0 unspecified atom stereocenters. The lowest BCUT2D eigenvalue weighted by molar-refractivity contribution is 0.0466. The summed E-state index contributed by atoms with van der Waals surface area (Å²) in [7, 11) is -5.84. The predicted molar refractivity (Wildman–Crippen MR) is 132 cm³/mol. The molecule has 33 heavy (non-hydrogen) atoms. The van der Waals surface area contributed by atoms with Crippen molar-refractivity contribution < 1.29 is 17.9 Å². The number of esters is 1. The lowest BCUT2D eigenvalue weighted by Gasteiger charge is -2.26. The monoisotopic (exact) mass is 480 g/mol. The molecule has 2 aromatic carbocycles. The molecule has 0 atom stereocenters. The van der Waals surface area contributed by atoms with Crippen LogP contribution in [0.1, 0.15) is 27.2 Å². The van der Waals surface area contributed by atoms with E-state index >= 15 is 0 Å². The van der Waals surface area contributed by atoms with Gasteiger partial charge >= 0.3 is 5.97 Å². The molecular formula is C25H28N2O4SSi. The predicted octanol–water partition coefficient (Wildman–Crippen LogP) is 4.04. The maximum absolute atomic E-state index is 13.5. The van der Waals surface area contributed by atoms with Gasteiger partial charge in [0.15, 0.2) is 0 Å². The SMILES string of the molecule is Cc1ccc(S(=O)(=O)N2CCc3cc(C(=O)OCc4ccccc4)nc([Si](C)(C)C)c32)cc1. The van der Waals surface area contributed by atoms with E-state index in [1.807, 2.05) is 37.3 Å². The van der Waals surface area contributed by atoms with E-state index < -0.39 is 24.1 Å². The van der Waals surface area contributed by atoms with E-state index in [1.165, 1.54) is 4.31 Å². The molecule has 0 spiro atoms. The molecule has 2 heterocycles. The van der Waals surface area contributed by atoms with E-state index in [2.05, 4.69) is 24.6 Å². The molecule has 0 aliphatic carbocycles. The number of pyridine rings is 1. The van der Waals surface area contributed by atoms with Crippen molar-refractivity contribution in [2.45, 2.75) is 44.5 Å². The largest absolute Gasteiger partial charge is 0.456 e. The Morgan fingerprint density at radius 2 is 1.73 bits per heavy atom. The Hall–Kier alpha value is -2.97. The number of anilines is 1. The van der Waals surface area contributed by atoms with Gasteiger partial charge in [0.05, 0.1) is 10.6 Å². The Balaban J connectivity index is 1.71. The normalized spacial score (nSPS) is 13.6. The van der Waals surface area contributed by atoms with Gasteiger partial charge in [-0.3, -0.25) is 4.31 Å². The minimum atomic E-state index is -3.73. The molecule has 3 aromatic rings.